The van der Waals surface area contributed by atoms with E-state index < -0.39 is 12.1 Å². The standard InChI is InChI=1S/C18H17FN2O2/c1-11(17(22)12-2-5-15(19)6-3-12)21-18(23)14-4-7-16-13(10-14)8-9-20-16/h2-11,17,20,22H,1H3,(H,21,23). The molecule has 0 saturated carbocycles. The number of aromatic amines is 1. The maximum absolute atomic E-state index is 12.9. The molecule has 1 amide bonds. The Labute approximate surface area is 133 Å². The highest BCUT2D eigenvalue weighted by Gasteiger charge is 2.19. The quantitative estimate of drug-likeness (QED) is 0.693. The number of aromatic nitrogens is 1. The van der Waals surface area contributed by atoms with E-state index in [0.29, 0.717) is 11.1 Å². The van der Waals surface area contributed by atoms with Gasteiger partial charge in [-0.15, -0.1) is 0 Å². The number of rotatable bonds is 4. The van der Waals surface area contributed by atoms with E-state index in [-0.39, 0.29) is 11.7 Å². The summed E-state index contributed by atoms with van der Waals surface area (Å²) in [6.07, 6.45) is 0.906. The van der Waals surface area contributed by atoms with Crippen molar-refractivity contribution in [1.82, 2.24) is 10.3 Å². The molecule has 0 saturated heterocycles. The molecule has 0 aliphatic carbocycles. The molecule has 0 aliphatic rings. The minimum Gasteiger partial charge on any atom is -0.386 e. The third-order valence-corrected chi connectivity index (χ3v) is 3.86. The topological polar surface area (TPSA) is 65.1 Å². The van der Waals surface area contributed by atoms with Gasteiger partial charge in [0.1, 0.15) is 5.82 Å². The number of aliphatic hydroxyl groups is 1. The van der Waals surface area contributed by atoms with Crippen molar-refractivity contribution in [3.05, 3.63) is 71.7 Å². The monoisotopic (exact) mass is 312 g/mol. The van der Waals surface area contributed by atoms with Gasteiger partial charge in [-0.2, -0.15) is 0 Å². The van der Waals surface area contributed by atoms with E-state index in [0.717, 1.165) is 10.9 Å². The lowest BCUT2D eigenvalue weighted by molar-refractivity contribution is 0.0852. The van der Waals surface area contributed by atoms with Gasteiger partial charge in [-0.3, -0.25) is 4.79 Å². The van der Waals surface area contributed by atoms with Crippen LogP contribution in [-0.4, -0.2) is 22.0 Å². The first-order chi connectivity index (χ1) is 11.0. The van der Waals surface area contributed by atoms with Gasteiger partial charge in [-0.1, -0.05) is 12.1 Å². The summed E-state index contributed by atoms with van der Waals surface area (Å²) < 4.78 is 12.9. The molecule has 0 aliphatic heterocycles. The maximum Gasteiger partial charge on any atom is 0.251 e. The van der Waals surface area contributed by atoms with Crippen LogP contribution >= 0.6 is 0 Å². The first kappa shape index (κ1) is 15.2. The van der Waals surface area contributed by atoms with Crippen molar-refractivity contribution in [2.45, 2.75) is 19.1 Å². The Hall–Kier alpha value is -2.66. The summed E-state index contributed by atoms with van der Waals surface area (Å²) in [6.45, 7) is 1.71. The predicted molar refractivity (Wildman–Crippen MR) is 86.6 cm³/mol. The zero-order valence-electron chi connectivity index (χ0n) is 12.6. The van der Waals surface area contributed by atoms with Crippen molar-refractivity contribution in [3.8, 4) is 0 Å². The van der Waals surface area contributed by atoms with Gasteiger partial charge in [-0.05, 0) is 48.9 Å². The maximum atomic E-state index is 12.9. The molecule has 2 atom stereocenters. The number of fused-ring (bicyclic) bond motifs is 1. The van der Waals surface area contributed by atoms with Gasteiger partial charge in [0.25, 0.3) is 5.91 Å². The van der Waals surface area contributed by atoms with Crippen molar-refractivity contribution in [3.63, 3.8) is 0 Å². The highest BCUT2D eigenvalue weighted by molar-refractivity contribution is 5.98. The third kappa shape index (κ3) is 3.24. The van der Waals surface area contributed by atoms with Gasteiger partial charge < -0.3 is 15.4 Å². The summed E-state index contributed by atoms with van der Waals surface area (Å²) in [7, 11) is 0. The molecule has 5 heteroatoms. The molecule has 0 spiro atoms. The van der Waals surface area contributed by atoms with Crippen LogP contribution in [0, 0.1) is 5.82 Å². The summed E-state index contributed by atoms with van der Waals surface area (Å²) >= 11 is 0. The van der Waals surface area contributed by atoms with Gasteiger partial charge in [0.15, 0.2) is 0 Å². The molecule has 1 aromatic heterocycles. The van der Waals surface area contributed by atoms with Crippen LogP contribution in [0.3, 0.4) is 0 Å². The number of amides is 1. The van der Waals surface area contributed by atoms with Crippen LogP contribution in [0.1, 0.15) is 28.9 Å². The number of hydrogen-bond acceptors (Lipinski definition) is 2. The van der Waals surface area contributed by atoms with Crippen LogP contribution in [0.2, 0.25) is 0 Å². The molecule has 2 aromatic carbocycles. The molecule has 4 nitrogen and oxygen atoms in total. The van der Waals surface area contributed by atoms with E-state index in [2.05, 4.69) is 10.3 Å². The van der Waals surface area contributed by atoms with E-state index in [1.54, 1.807) is 19.1 Å². The van der Waals surface area contributed by atoms with Gasteiger partial charge >= 0.3 is 0 Å². The van der Waals surface area contributed by atoms with E-state index >= 15 is 0 Å². The molecule has 23 heavy (non-hydrogen) atoms. The minimum absolute atomic E-state index is 0.262. The number of carbonyl (C=O) groups excluding carboxylic acids is 1. The summed E-state index contributed by atoms with van der Waals surface area (Å²) in [5, 5.41) is 14.0. The zero-order valence-corrected chi connectivity index (χ0v) is 12.6. The van der Waals surface area contributed by atoms with Crippen LogP contribution in [0.5, 0.6) is 0 Å². The molecule has 0 radical (unpaired) electrons. The average Bonchev–Trinajstić information content (AvgIpc) is 3.02. The Morgan fingerprint density at radius 2 is 1.91 bits per heavy atom. The molecule has 3 aromatic rings. The van der Waals surface area contributed by atoms with Gasteiger partial charge in [0.05, 0.1) is 12.1 Å². The summed E-state index contributed by atoms with van der Waals surface area (Å²) in [5.74, 6) is -0.626. The van der Waals surface area contributed by atoms with E-state index in [9.17, 15) is 14.3 Å². The number of aliphatic hydroxyl groups excluding tert-OH is 1. The average molecular weight is 312 g/mol. The SMILES string of the molecule is CC(NC(=O)c1ccc2[nH]ccc2c1)C(O)c1ccc(F)cc1. The molecular weight excluding hydrogens is 295 g/mol. The van der Waals surface area contributed by atoms with Crippen LogP contribution in [0.15, 0.2) is 54.7 Å². The van der Waals surface area contributed by atoms with Crippen molar-refractivity contribution < 1.29 is 14.3 Å². The number of halogens is 1. The molecule has 118 valence electrons. The summed E-state index contributed by atoms with van der Waals surface area (Å²) in [4.78, 5) is 15.4. The minimum atomic E-state index is -0.907. The van der Waals surface area contributed by atoms with Gasteiger partial charge in [0.2, 0.25) is 0 Å². The fraction of sp³-hybridized carbons (Fsp3) is 0.167. The zero-order chi connectivity index (χ0) is 16.4. The lowest BCUT2D eigenvalue weighted by atomic mass is 10.0. The number of nitrogens with one attached hydrogen (secondary N) is 2. The number of H-pyrrole nitrogens is 1. The fourth-order valence-corrected chi connectivity index (χ4v) is 2.51. The second-order valence-electron chi connectivity index (χ2n) is 5.54. The largest absolute Gasteiger partial charge is 0.386 e. The lowest BCUT2D eigenvalue weighted by Gasteiger charge is -2.20. The molecular formula is C18H17FN2O2. The van der Waals surface area contributed by atoms with E-state index in [1.807, 2.05) is 18.3 Å². The second-order valence-corrected chi connectivity index (χ2v) is 5.54. The molecule has 0 bridgehead atoms. The van der Waals surface area contributed by atoms with E-state index in [4.69, 9.17) is 0 Å². The van der Waals surface area contributed by atoms with Crippen LogP contribution in [0.4, 0.5) is 4.39 Å². The Morgan fingerprint density at radius 1 is 1.17 bits per heavy atom. The third-order valence-electron chi connectivity index (χ3n) is 3.86. The van der Waals surface area contributed by atoms with Crippen molar-refractivity contribution in [2.24, 2.45) is 0 Å². The Bertz CT molecular complexity index is 826. The van der Waals surface area contributed by atoms with Crippen LogP contribution < -0.4 is 5.32 Å². The number of benzene rings is 2. The molecule has 0 fully saturated rings. The van der Waals surface area contributed by atoms with Crippen molar-refractivity contribution in [1.29, 1.82) is 0 Å². The predicted octanol–water partition coefficient (Wildman–Crippen LogP) is 3.16. The van der Waals surface area contributed by atoms with Crippen molar-refractivity contribution >= 4 is 16.8 Å². The molecule has 1 heterocycles. The normalized spacial score (nSPS) is 13.7. The van der Waals surface area contributed by atoms with Crippen molar-refractivity contribution in [2.75, 3.05) is 0 Å². The van der Waals surface area contributed by atoms with Crippen LogP contribution in [0.25, 0.3) is 10.9 Å². The Balaban J connectivity index is 1.72. The summed E-state index contributed by atoms with van der Waals surface area (Å²) in [5.41, 5.74) is 2.04. The fourth-order valence-electron chi connectivity index (χ4n) is 2.51. The Kier molecular flexibility index (Phi) is 4.12. The summed E-state index contributed by atoms with van der Waals surface area (Å²) in [6, 6.07) is 12.3. The first-order valence-electron chi connectivity index (χ1n) is 7.36. The number of hydrogen-bond donors (Lipinski definition) is 3. The van der Waals surface area contributed by atoms with Gasteiger partial charge in [-0.25, -0.2) is 4.39 Å². The molecule has 2 unspecified atom stereocenters. The first-order valence-corrected chi connectivity index (χ1v) is 7.36. The van der Waals surface area contributed by atoms with Gasteiger partial charge in [0, 0.05) is 22.7 Å². The highest BCUT2D eigenvalue weighted by Crippen LogP contribution is 2.18. The molecule has 3 rings (SSSR count). The molecule has 3 N–H and O–H groups in total. The second kappa shape index (κ2) is 6.22. The highest BCUT2D eigenvalue weighted by atomic mass is 19.1. The lowest BCUT2D eigenvalue weighted by Crippen LogP contribution is -2.37. The Morgan fingerprint density at radius 3 is 2.65 bits per heavy atom. The van der Waals surface area contributed by atoms with E-state index in [1.165, 1.54) is 24.3 Å². The van der Waals surface area contributed by atoms with Crippen LogP contribution in [-0.2, 0) is 0 Å². The number of carbonyl (C=O) groups is 1. The smallest absolute Gasteiger partial charge is 0.251 e.